The summed E-state index contributed by atoms with van der Waals surface area (Å²) in [5, 5.41) is 67.4. The molecule has 5 rings (SSSR count). The lowest BCUT2D eigenvalue weighted by molar-refractivity contribution is -0.334. The van der Waals surface area contributed by atoms with E-state index in [1.807, 2.05) is 19.9 Å². The van der Waals surface area contributed by atoms with Crippen LogP contribution in [0.2, 0.25) is 0 Å². The van der Waals surface area contributed by atoms with Crippen LogP contribution >= 0.6 is 0 Å². The van der Waals surface area contributed by atoms with E-state index in [0.29, 0.717) is 36.2 Å². The normalized spacial score (nSPS) is 28.0. The van der Waals surface area contributed by atoms with Crippen LogP contribution in [-0.2, 0) is 14.3 Å². The van der Waals surface area contributed by atoms with Gasteiger partial charge in [0, 0.05) is 24.4 Å². The quantitative estimate of drug-likeness (QED) is 0.166. The fourth-order valence-electron chi connectivity index (χ4n) is 5.81. The number of benzene rings is 2. The number of allylic oxidation sites excluding steroid dienone is 1. The van der Waals surface area contributed by atoms with Crippen molar-refractivity contribution in [3.8, 4) is 17.2 Å². The molecule has 0 bridgehead atoms. The van der Waals surface area contributed by atoms with E-state index >= 15 is 0 Å². The Morgan fingerprint density at radius 2 is 1.91 bits per heavy atom. The summed E-state index contributed by atoms with van der Waals surface area (Å²) in [6.07, 6.45) is -2.00. The molecule has 1 saturated heterocycles. The van der Waals surface area contributed by atoms with Crippen LogP contribution in [-0.4, -0.2) is 105 Å². The van der Waals surface area contributed by atoms with Crippen molar-refractivity contribution >= 4 is 29.8 Å². The van der Waals surface area contributed by atoms with E-state index in [1.165, 1.54) is 30.3 Å². The van der Waals surface area contributed by atoms with E-state index in [2.05, 4.69) is 10.3 Å². The number of phenolic OH excluding ortho intramolecular Hbond substituents is 1. The molecule has 0 unspecified atom stereocenters. The zero-order valence-corrected chi connectivity index (χ0v) is 25.4. The average Bonchev–Trinajstić information content (AvgIpc) is 3.55. The van der Waals surface area contributed by atoms with E-state index in [-0.39, 0.29) is 47.7 Å². The number of carbonyl (C=O) groups excluding carboxylic acids is 1. The molecule has 0 aromatic heterocycles. The number of aliphatic hydroxyl groups is 4. The Morgan fingerprint density at radius 3 is 2.54 bits per heavy atom. The Bertz CT molecular complexity index is 1550. The molecular formula is C33H38N2O11. The third kappa shape index (κ3) is 6.24. The summed E-state index contributed by atoms with van der Waals surface area (Å²) >= 11 is 0. The van der Waals surface area contributed by atoms with E-state index in [9.17, 15) is 40.2 Å². The molecule has 3 heterocycles. The Morgan fingerprint density at radius 1 is 1.17 bits per heavy atom. The second kappa shape index (κ2) is 13.2. The summed E-state index contributed by atoms with van der Waals surface area (Å²) in [7, 11) is 0. The number of hydrogen-bond donors (Lipinski definition) is 7. The third-order valence-corrected chi connectivity index (χ3v) is 8.80. The maximum absolute atomic E-state index is 12.3. The zero-order chi connectivity index (χ0) is 33.2. The fourth-order valence-corrected chi connectivity index (χ4v) is 5.81. The number of aliphatic imine (C=N–C) groups is 1. The number of phenols is 1. The number of fused-ring (bicyclic) bond motifs is 1. The van der Waals surface area contributed by atoms with Gasteiger partial charge in [0.05, 0.1) is 12.1 Å². The summed E-state index contributed by atoms with van der Waals surface area (Å²) in [6.45, 7) is 4.46. The minimum atomic E-state index is -3.01. The average molecular weight is 639 g/mol. The van der Waals surface area contributed by atoms with Crippen molar-refractivity contribution in [1.82, 2.24) is 5.32 Å². The summed E-state index contributed by atoms with van der Waals surface area (Å²) in [6, 6.07) is 10.5. The van der Waals surface area contributed by atoms with E-state index < -0.39 is 42.2 Å². The maximum atomic E-state index is 12.3. The number of ether oxygens (including phenoxy) is 3. The highest BCUT2D eigenvalue weighted by Crippen LogP contribution is 2.41. The van der Waals surface area contributed by atoms with Gasteiger partial charge in [-0.1, -0.05) is 32.1 Å². The molecule has 246 valence electrons. The summed E-state index contributed by atoms with van der Waals surface area (Å²) in [4.78, 5) is 28.5. The maximum Gasteiger partial charge on any atom is 0.335 e. The van der Waals surface area contributed by atoms with Gasteiger partial charge in [0.1, 0.15) is 35.7 Å². The van der Waals surface area contributed by atoms with Gasteiger partial charge < -0.3 is 50.2 Å². The molecule has 3 aliphatic rings. The molecule has 46 heavy (non-hydrogen) atoms. The van der Waals surface area contributed by atoms with Crippen molar-refractivity contribution in [2.75, 3.05) is 26.2 Å². The number of carboxylic acid groups (broad SMARTS) is 1. The molecule has 13 nitrogen and oxygen atoms in total. The molecule has 7 N–H and O–H groups in total. The molecular weight excluding hydrogens is 600 g/mol. The molecule has 0 aliphatic carbocycles. The largest absolute Gasteiger partial charge is 0.508 e. The van der Waals surface area contributed by atoms with Crippen LogP contribution in [0.15, 0.2) is 59.1 Å². The molecule has 6 atom stereocenters. The Balaban J connectivity index is 1.41. The van der Waals surface area contributed by atoms with Crippen molar-refractivity contribution in [1.29, 1.82) is 0 Å². The SMILES string of the molecule is CC(C)[C@H](CNC[C@]1(O)[C@H](Oc2ccc3c(c2)OCC(c2ccc(O)cc2)=C3O)O[C@H](C(=O)O)[C@@H](O)[C@@]1(O)C=O)CC1=CCN=C1. The van der Waals surface area contributed by atoms with Gasteiger partial charge in [0.15, 0.2) is 23.6 Å². The molecule has 13 heteroatoms. The lowest BCUT2D eigenvalue weighted by Crippen LogP contribution is -2.79. The Kier molecular flexibility index (Phi) is 9.52. The van der Waals surface area contributed by atoms with Crippen molar-refractivity contribution in [2.45, 2.75) is 50.0 Å². The van der Waals surface area contributed by atoms with Crippen molar-refractivity contribution in [2.24, 2.45) is 16.8 Å². The number of nitrogens with one attached hydrogen (secondary N) is 1. The topological polar surface area (TPSA) is 208 Å². The van der Waals surface area contributed by atoms with Crippen molar-refractivity contribution < 1.29 is 54.4 Å². The van der Waals surface area contributed by atoms with Gasteiger partial charge >= 0.3 is 5.97 Å². The first-order valence-corrected chi connectivity index (χ1v) is 14.9. The first-order chi connectivity index (χ1) is 21.9. The lowest BCUT2D eigenvalue weighted by Gasteiger charge is -2.51. The van der Waals surface area contributed by atoms with Crippen LogP contribution in [0.3, 0.4) is 0 Å². The number of carboxylic acids is 1. The number of rotatable bonds is 12. The van der Waals surface area contributed by atoms with Crippen LogP contribution in [0.25, 0.3) is 11.3 Å². The number of aldehydes is 1. The highest BCUT2D eigenvalue weighted by molar-refractivity contribution is 5.91. The molecule has 0 spiro atoms. The van der Waals surface area contributed by atoms with Gasteiger partial charge in [0.25, 0.3) is 0 Å². The molecule has 2 aromatic carbocycles. The van der Waals surface area contributed by atoms with Crippen LogP contribution in [0.5, 0.6) is 17.2 Å². The van der Waals surface area contributed by atoms with E-state index in [0.717, 1.165) is 5.57 Å². The molecule has 0 radical (unpaired) electrons. The Labute approximate surface area is 265 Å². The van der Waals surface area contributed by atoms with Crippen LogP contribution < -0.4 is 14.8 Å². The second-order valence-electron chi connectivity index (χ2n) is 12.1. The van der Waals surface area contributed by atoms with Crippen molar-refractivity contribution in [3.63, 3.8) is 0 Å². The molecule has 3 aliphatic heterocycles. The number of nitrogens with zero attached hydrogens (tertiary/aromatic N) is 1. The standard InChI is InChI=1S/C33H38N2O11/c1-18(2)21(11-19-9-10-34-13-19)14-35-16-32(42)31(46-28(30(40)41)29(39)33(32,43)17-36)45-23-7-8-24-26(12-23)44-15-25(27(24)38)20-3-5-22(37)6-4-20/h3-9,12-13,17-18,21,28-29,31,35,37-39,42-43H,10-11,14-16H2,1-2H3,(H,40,41)/t21-,28-,29+,31+,32-,33-/m0/s1. The summed E-state index contributed by atoms with van der Waals surface area (Å²) in [5.41, 5.74) is -3.19. The number of carbonyl (C=O) groups is 2. The minimum absolute atomic E-state index is 0.00986. The minimum Gasteiger partial charge on any atom is -0.508 e. The second-order valence-corrected chi connectivity index (χ2v) is 12.1. The first kappa shape index (κ1) is 33.1. The van der Waals surface area contributed by atoms with Crippen LogP contribution in [0.4, 0.5) is 0 Å². The van der Waals surface area contributed by atoms with Gasteiger partial charge in [0.2, 0.25) is 6.29 Å². The third-order valence-electron chi connectivity index (χ3n) is 8.80. The van der Waals surface area contributed by atoms with Gasteiger partial charge in [-0.25, -0.2) is 4.79 Å². The van der Waals surface area contributed by atoms with Gasteiger partial charge in [-0.2, -0.15) is 0 Å². The number of aliphatic hydroxyl groups excluding tert-OH is 2. The van der Waals surface area contributed by atoms with E-state index in [4.69, 9.17) is 14.2 Å². The fraction of sp³-hybridized carbons (Fsp3) is 0.424. The van der Waals surface area contributed by atoms with Crippen LogP contribution in [0.1, 0.15) is 31.4 Å². The number of aromatic hydroxyl groups is 1. The van der Waals surface area contributed by atoms with E-state index in [1.54, 1.807) is 18.3 Å². The molecule has 0 amide bonds. The lowest BCUT2D eigenvalue weighted by atomic mass is 9.74. The predicted octanol–water partition coefficient (Wildman–Crippen LogP) is 1.68. The summed E-state index contributed by atoms with van der Waals surface area (Å²) < 4.78 is 17.3. The first-order valence-electron chi connectivity index (χ1n) is 14.9. The molecule has 1 fully saturated rings. The number of hydrogen-bond acceptors (Lipinski definition) is 12. The molecule has 2 aromatic rings. The molecule has 0 saturated carbocycles. The van der Waals surface area contributed by atoms with Crippen molar-refractivity contribution in [3.05, 3.63) is 65.2 Å². The zero-order valence-electron chi connectivity index (χ0n) is 25.4. The monoisotopic (exact) mass is 638 g/mol. The summed E-state index contributed by atoms with van der Waals surface area (Å²) in [5.74, 6) is -1.24. The highest BCUT2D eigenvalue weighted by atomic mass is 16.7. The highest BCUT2D eigenvalue weighted by Gasteiger charge is 2.67. The Hall–Kier alpha value is -4.27. The van der Waals surface area contributed by atoms with Gasteiger partial charge in [-0.05, 0) is 60.2 Å². The predicted molar refractivity (Wildman–Crippen MR) is 166 cm³/mol. The van der Waals surface area contributed by atoms with Gasteiger partial charge in [-0.15, -0.1) is 0 Å². The van der Waals surface area contributed by atoms with Gasteiger partial charge in [-0.3, -0.25) is 9.79 Å². The number of aliphatic carboxylic acids is 1. The van der Waals surface area contributed by atoms with Crippen LogP contribution in [0, 0.1) is 11.8 Å². The smallest absolute Gasteiger partial charge is 0.335 e.